The Bertz CT molecular complexity index is 512. The van der Waals surface area contributed by atoms with Gasteiger partial charge in [0.1, 0.15) is 0 Å². The van der Waals surface area contributed by atoms with Crippen LogP contribution in [-0.2, 0) is 14.9 Å². The lowest BCUT2D eigenvalue weighted by molar-refractivity contribution is -0.142. The van der Waals surface area contributed by atoms with Gasteiger partial charge in [-0.05, 0) is 50.5 Å². The predicted octanol–water partition coefficient (Wildman–Crippen LogP) is 3.38. The quantitative estimate of drug-likeness (QED) is 0.838. The van der Waals surface area contributed by atoms with Gasteiger partial charge in [-0.2, -0.15) is 0 Å². The van der Waals surface area contributed by atoms with E-state index in [1.807, 2.05) is 18.2 Å². The van der Waals surface area contributed by atoms with Gasteiger partial charge in [-0.3, -0.25) is 4.79 Å². The Morgan fingerprint density at radius 1 is 1.14 bits per heavy atom. The number of hydrogen-bond acceptors (Lipinski definition) is 2. The average molecular weight is 301 g/mol. The molecule has 3 nitrogen and oxygen atoms in total. The summed E-state index contributed by atoms with van der Waals surface area (Å²) in [5.41, 5.74) is 0.954. The van der Waals surface area contributed by atoms with E-state index in [4.69, 9.17) is 4.74 Å². The molecule has 1 spiro atoms. The molecule has 0 unspecified atom stereocenters. The van der Waals surface area contributed by atoms with Crippen LogP contribution in [0.5, 0.6) is 0 Å². The third-order valence-electron chi connectivity index (χ3n) is 5.53. The van der Waals surface area contributed by atoms with Crippen molar-refractivity contribution in [1.82, 2.24) is 4.90 Å². The van der Waals surface area contributed by atoms with Gasteiger partial charge in [0, 0.05) is 26.3 Å². The molecule has 0 aliphatic carbocycles. The molecule has 0 aromatic heterocycles. The van der Waals surface area contributed by atoms with Crippen LogP contribution in [0.3, 0.4) is 0 Å². The molecule has 2 aliphatic heterocycles. The number of carbonyl (C=O) groups excluding carboxylic acids is 1. The summed E-state index contributed by atoms with van der Waals surface area (Å²) in [6.45, 7) is 7.61. The first-order chi connectivity index (χ1) is 10.5. The van der Waals surface area contributed by atoms with Crippen LogP contribution >= 0.6 is 0 Å². The minimum atomic E-state index is -0.453. The highest BCUT2D eigenvalue weighted by atomic mass is 16.5. The fourth-order valence-corrected chi connectivity index (χ4v) is 3.97. The van der Waals surface area contributed by atoms with Gasteiger partial charge in [0.25, 0.3) is 0 Å². The van der Waals surface area contributed by atoms with E-state index in [-0.39, 0.29) is 5.91 Å². The Balaban J connectivity index is 1.76. The van der Waals surface area contributed by atoms with Crippen molar-refractivity contribution >= 4 is 5.91 Å². The monoisotopic (exact) mass is 301 g/mol. The minimum Gasteiger partial charge on any atom is -0.381 e. The molecule has 0 radical (unpaired) electrons. The normalized spacial score (nSPS) is 21.8. The summed E-state index contributed by atoms with van der Waals surface area (Å²) in [6.07, 6.45) is 4.56. The van der Waals surface area contributed by atoms with Crippen molar-refractivity contribution in [3.05, 3.63) is 35.9 Å². The molecule has 3 rings (SSSR count). The number of carbonyl (C=O) groups is 1. The molecule has 0 N–H and O–H groups in total. The zero-order valence-corrected chi connectivity index (χ0v) is 13.8. The highest BCUT2D eigenvalue weighted by Gasteiger charge is 2.42. The molecule has 120 valence electrons. The molecule has 1 aromatic rings. The van der Waals surface area contributed by atoms with Crippen LogP contribution in [0.2, 0.25) is 0 Å². The third kappa shape index (κ3) is 2.91. The number of piperidine rings is 1. The molecule has 0 saturated carbocycles. The zero-order valence-electron chi connectivity index (χ0n) is 13.8. The van der Waals surface area contributed by atoms with Crippen LogP contribution < -0.4 is 0 Å². The summed E-state index contributed by atoms with van der Waals surface area (Å²) in [7, 11) is 0. The third-order valence-corrected chi connectivity index (χ3v) is 5.53. The first-order valence-electron chi connectivity index (χ1n) is 8.46. The van der Waals surface area contributed by atoms with E-state index in [9.17, 15) is 4.79 Å². The second-order valence-electron chi connectivity index (χ2n) is 7.43. The molecule has 22 heavy (non-hydrogen) atoms. The van der Waals surface area contributed by atoms with E-state index in [2.05, 4.69) is 30.9 Å². The number of amides is 1. The topological polar surface area (TPSA) is 29.5 Å². The van der Waals surface area contributed by atoms with E-state index >= 15 is 0 Å². The molecule has 1 amide bonds. The summed E-state index contributed by atoms with van der Waals surface area (Å²) >= 11 is 0. The maximum atomic E-state index is 13.1. The Labute approximate surface area is 133 Å². The summed E-state index contributed by atoms with van der Waals surface area (Å²) < 4.78 is 5.53. The highest BCUT2D eigenvalue weighted by Crippen LogP contribution is 2.40. The van der Waals surface area contributed by atoms with Crippen LogP contribution in [0, 0.1) is 5.41 Å². The van der Waals surface area contributed by atoms with Gasteiger partial charge in [-0.15, -0.1) is 0 Å². The van der Waals surface area contributed by atoms with Crippen LogP contribution in [0.15, 0.2) is 30.3 Å². The molecule has 2 heterocycles. The molecule has 0 atom stereocenters. The van der Waals surface area contributed by atoms with Gasteiger partial charge in [-0.25, -0.2) is 0 Å². The lowest BCUT2D eigenvalue weighted by atomic mass is 9.73. The fourth-order valence-electron chi connectivity index (χ4n) is 3.97. The van der Waals surface area contributed by atoms with Gasteiger partial charge in [0.15, 0.2) is 0 Å². The highest BCUT2D eigenvalue weighted by molar-refractivity contribution is 5.87. The molecule has 2 aliphatic rings. The Morgan fingerprint density at radius 3 is 2.50 bits per heavy atom. The smallest absolute Gasteiger partial charge is 0.232 e. The Kier molecular flexibility index (Phi) is 4.26. The Morgan fingerprint density at radius 2 is 1.82 bits per heavy atom. The van der Waals surface area contributed by atoms with Crippen LogP contribution in [0.4, 0.5) is 0 Å². The lowest BCUT2D eigenvalue weighted by Crippen LogP contribution is -2.52. The van der Waals surface area contributed by atoms with Gasteiger partial charge in [0.2, 0.25) is 5.91 Å². The van der Waals surface area contributed by atoms with E-state index in [0.717, 1.165) is 51.1 Å². The van der Waals surface area contributed by atoms with E-state index < -0.39 is 5.41 Å². The number of nitrogens with zero attached hydrogens (tertiary/aromatic N) is 1. The molecule has 2 saturated heterocycles. The van der Waals surface area contributed by atoms with Crippen molar-refractivity contribution in [3.8, 4) is 0 Å². The van der Waals surface area contributed by atoms with Gasteiger partial charge in [-0.1, -0.05) is 30.3 Å². The van der Waals surface area contributed by atoms with E-state index in [1.165, 1.54) is 6.42 Å². The molecule has 2 fully saturated rings. The van der Waals surface area contributed by atoms with Crippen molar-refractivity contribution < 1.29 is 9.53 Å². The number of hydrogen-bond donors (Lipinski definition) is 0. The summed E-state index contributed by atoms with van der Waals surface area (Å²) in [6, 6.07) is 10.2. The number of ether oxygens (including phenoxy) is 1. The van der Waals surface area contributed by atoms with Crippen LogP contribution in [0.25, 0.3) is 0 Å². The number of rotatable bonds is 2. The summed E-state index contributed by atoms with van der Waals surface area (Å²) in [4.78, 5) is 15.3. The van der Waals surface area contributed by atoms with Gasteiger partial charge in [0.05, 0.1) is 5.41 Å². The number of likely N-dealkylation sites (tertiary alicyclic amines) is 1. The van der Waals surface area contributed by atoms with Crippen molar-refractivity contribution in [1.29, 1.82) is 0 Å². The molecular formula is C19H27NO2. The largest absolute Gasteiger partial charge is 0.381 e. The zero-order chi connectivity index (χ0) is 15.6. The molecule has 3 heteroatoms. The predicted molar refractivity (Wildman–Crippen MR) is 87.8 cm³/mol. The first-order valence-corrected chi connectivity index (χ1v) is 8.46. The second-order valence-corrected chi connectivity index (χ2v) is 7.43. The lowest BCUT2D eigenvalue weighted by Gasteiger charge is -2.46. The minimum absolute atomic E-state index is 0.268. The Hall–Kier alpha value is -1.35. The molecule has 0 bridgehead atoms. The first kappa shape index (κ1) is 15.5. The molecular weight excluding hydrogens is 274 g/mol. The van der Waals surface area contributed by atoms with Crippen molar-refractivity contribution in [2.45, 2.75) is 44.9 Å². The second kappa shape index (κ2) is 6.04. The maximum Gasteiger partial charge on any atom is 0.232 e. The summed E-state index contributed by atoms with van der Waals surface area (Å²) in [5, 5.41) is 0. The van der Waals surface area contributed by atoms with Crippen molar-refractivity contribution in [3.63, 3.8) is 0 Å². The standard InChI is InChI=1S/C19H27NO2/c1-18(2,16-7-4-3-5-8-16)17(21)20-12-6-9-19(15-20)10-13-22-14-11-19/h3-5,7-8H,6,9-15H2,1-2H3. The maximum absolute atomic E-state index is 13.1. The van der Waals surface area contributed by atoms with Crippen molar-refractivity contribution in [2.24, 2.45) is 5.41 Å². The van der Waals surface area contributed by atoms with Gasteiger partial charge < -0.3 is 9.64 Å². The SMILES string of the molecule is CC(C)(C(=O)N1CCCC2(CCOCC2)C1)c1ccccc1. The molecule has 1 aromatic carbocycles. The summed E-state index contributed by atoms with van der Waals surface area (Å²) in [5.74, 6) is 0.268. The van der Waals surface area contributed by atoms with Crippen LogP contribution in [-0.4, -0.2) is 37.1 Å². The van der Waals surface area contributed by atoms with Crippen LogP contribution in [0.1, 0.15) is 45.1 Å². The van der Waals surface area contributed by atoms with E-state index in [1.54, 1.807) is 0 Å². The van der Waals surface area contributed by atoms with Gasteiger partial charge >= 0.3 is 0 Å². The van der Waals surface area contributed by atoms with E-state index in [0.29, 0.717) is 5.41 Å². The van der Waals surface area contributed by atoms with Crippen molar-refractivity contribution in [2.75, 3.05) is 26.3 Å². The average Bonchev–Trinajstić information content (AvgIpc) is 2.55. The number of benzene rings is 1. The fraction of sp³-hybridized carbons (Fsp3) is 0.632.